The van der Waals surface area contributed by atoms with Crippen LogP contribution < -0.4 is 5.32 Å². The number of amides is 1. The molecule has 0 bridgehead atoms. The molecule has 0 saturated heterocycles. The Morgan fingerprint density at radius 3 is 1.12 bits per heavy atom. The molecule has 0 aliphatic heterocycles. The molecule has 0 aromatic carbocycles. The molecule has 0 saturated carbocycles. The Kier molecular flexibility index (Phi) is 54.0. The highest BCUT2D eigenvalue weighted by molar-refractivity contribution is 5.76. The Hall–Kier alpha value is -1.40. The van der Waals surface area contributed by atoms with Gasteiger partial charge in [0.05, 0.1) is 25.4 Å². The van der Waals surface area contributed by atoms with Crippen LogP contribution in [0.5, 0.6) is 0 Å². The average Bonchev–Trinajstić information content (AvgIpc) is 3.31. The van der Waals surface area contributed by atoms with Crippen molar-refractivity contribution in [2.24, 2.45) is 0 Å². The zero-order valence-corrected chi connectivity index (χ0v) is 44.0. The molecule has 0 rings (SSSR count). The number of nitrogens with one attached hydrogen (secondary N) is 1. The fourth-order valence-electron chi connectivity index (χ4n) is 9.29. The fourth-order valence-corrected chi connectivity index (χ4v) is 9.29. The second-order valence-electron chi connectivity index (χ2n) is 20.3. The lowest BCUT2D eigenvalue weighted by Crippen LogP contribution is -2.45. The maximum Gasteiger partial charge on any atom is 0.305 e. The Morgan fingerprint density at radius 2 is 0.738 bits per heavy atom. The maximum absolute atomic E-state index is 12.5. The molecule has 0 spiro atoms. The Balaban J connectivity index is 3.49. The SMILES string of the molecule is CCCCCCCCCCCCCCCCCCCCCCCC(O)C(CO)NC(=O)CCC/C=C\CCCCCCOC(=O)CCCCCCCCCCCCCCCCCCCC. The van der Waals surface area contributed by atoms with Crippen LogP contribution in [-0.2, 0) is 14.3 Å². The summed E-state index contributed by atoms with van der Waals surface area (Å²) in [4.78, 5) is 24.6. The van der Waals surface area contributed by atoms with Crippen molar-refractivity contribution < 1.29 is 24.5 Å². The van der Waals surface area contributed by atoms with Crippen LogP contribution in [0.25, 0.3) is 0 Å². The molecule has 2 atom stereocenters. The number of ether oxygens (including phenoxy) is 1. The van der Waals surface area contributed by atoms with Gasteiger partial charge in [-0.25, -0.2) is 0 Å². The fraction of sp³-hybridized carbons (Fsp3) is 0.932. The quantitative estimate of drug-likeness (QED) is 0.0321. The van der Waals surface area contributed by atoms with Crippen molar-refractivity contribution in [3.63, 3.8) is 0 Å². The van der Waals surface area contributed by atoms with E-state index in [2.05, 4.69) is 31.3 Å². The van der Waals surface area contributed by atoms with E-state index in [4.69, 9.17) is 4.74 Å². The van der Waals surface area contributed by atoms with E-state index in [9.17, 15) is 19.8 Å². The number of rotatable bonds is 55. The van der Waals surface area contributed by atoms with E-state index in [1.165, 1.54) is 225 Å². The highest BCUT2D eigenvalue weighted by Crippen LogP contribution is 2.18. The molecule has 1 amide bonds. The first kappa shape index (κ1) is 63.6. The van der Waals surface area contributed by atoms with Crippen molar-refractivity contribution in [1.82, 2.24) is 5.32 Å². The predicted octanol–water partition coefficient (Wildman–Crippen LogP) is 18.1. The number of carbonyl (C=O) groups is 2. The number of hydrogen-bond acceptors (Lipinski definition) is 5. The summed E-state index contributed by atoms with van der Waals surface area (Å²) in [6, 6.07) is -0.579. The minimum Gasteiger partial charge on any atom is -0.466 e. The van der Waals surface area contributed by atoms with E-state index in [0.717, 1.165) is 70.6 Å². The molecule has 0 aromatic rings. The lowest BCUT2D eigenvalue weighted by Gasteiger charge is -2.22. The third-order valence-electron chi connectivity index (χ3n) is 13.8. The van der Waals surface area contributed by atoms with Gasteiger partial charge in [-0.1, -0.05) is 283 Å². The zero-order chi connectivity index (χ0) is 47.2. The van der Waals surface area contributed by atoms with Crippen molar-refractivity contribution >= 4 is 11.9 Å². The van der Waals surface area contributed by atoms with Crippen molar-refractivity contribution in [2.45, 2.75) is 341 Å². The molecule has 0 heterocycles. The maximum atomic E-state index is 12.5. The molecule has 3 N–H and O–H groups in total. The summed E-state index contributed by atoms with van der Waals surface area (Å²) in [5.41, 5.74) is 0. The van der Waals surface area contributed by atoms with Gasteiger partial charge in [0.25, 0.3) is 0 Å². The normalized spacial score (nSPS) is 12.6. The first-order valence-electron chi connectivity index (χ1n) is 29.4. The summed E-state index contributed by atoms with van der Waals surface area (Å²) in [5, 5.41) is 23.3. The van der Waals surface area contributed by atoms with E-state index in [-0.39, 0.29) is 18.5 Å². The van der Waals surface area contributed by atoms with E-state index >= 15 is 0 Å². The molecule has 0 aliphatic rings. The lowest BCUT2D eigenvalue weighted by molar-refractivity contribution is -0.143. The summed E-state index contributed by atoms with van der Waals surface area (Å²) in [6.07, 6.45) is 65.0. The number of hydrogen-bond donors (Lipinski definition) is 3. The Bertz CT molecular complexity index is 970. The van der Waals surface area contributed by atoms with Crippen molar-refractivity contribution in [2.75, 3.05) is 13.2 Å². The summed E-state index contributed by atoms with van der Waals surface area (Å²) in [5.74, 6) is -0.121. The van der Waals surface area contributed by atoms with E-state index < -0.39 is 12.1 Å². The molecular formula is C59H115NO5. The van der Waals surface area contributed by atoms with Gasteiger partial charge in [0, 0.05) is 12.8 Å². The number of aliphatic hydroxyl groups excluding tert-OH is 2. The van der Waals surface area contributed by atoms with Crippen molar-refractivity contribution in [3.05, 3.63) is 12.2 Å². The van der Waals surface area contributed by atoms with Gasteiger partial charge >= 0.3 is 5.97 Å². The summed E-state index contributed by atoms with van der Waals surface area (Å²) in [6.45, 7) is 4.90. The number of aliphatic hydroxyl groups is 2. The number of unbranched alkanes of at least 4 members (excludes halogenated alkanes) is 42. The van der Waals surface area contributed by atoms with Gasteiger partial charge < -0.3 is 20.3 Å². The van der Waals surface area contributed by atoms with Crippen LogP contribution in [0.15, 0.2) is 12.2 Å². The van der Waals surface area contributed by atoms with Crippen LogP contribution in [0.3, 0.4) is 0 Å². The highest BCUT2D eigenvalue weighted by atomic mass is 16.5. The molecule has 65 heavy (non-hydrogen) atoms. The van der Waals surface area contributed by atoms with Gasteiger partial charge in [0.15, 0.2) is 0 Å². The number of esters is 1. The monoisotopic (exact) mass is 918 g/mol. The standard InChI is InChI=1S/C59H115NO5/c1-3-5-7-9-11-13-15-17-19-21-23-24-25-26-28-30-32-35-39-43-47-51-57(62)56(55-61)60-58(63)52-48-44-40-36-34-38-42-46-50-54-65-59(64)53-49-45-41-37-33-31-29-27-22-20-18-16-14-12-10-8-6-4-2/h36,40,56-57,61-62H,3-35,37-39,41-55H2,1-2H3,(H,60,63)/b40-36-. The third kappa shape index (κ3) is 51.8. The lowest BCUT2D eigenvalue weighted by atomic mass is 10.0. The molecule has 0 fully saturated rings. The van der Waals surface area contributed by atoms with Crippen LogP contribution in [0.2, 0.25) is 0 Å². The Morgan fingerprint density at radius 1 is 0.415 bits per heavy atom. The average molecular weight is 919 g/mol. The molecular weight excluding hydrogens is 803 g/mol. The first-order chi connectivity index (χ1) is 32.0. The van der Waals surface area contributed by atoms with Crippen LogP contribution in [-0.4, -0.2) is 47.4 Å². The third-order valence-corrected chi connectivity index (χ3v) is 13.8. The summed E-state index contributed by atoms with van der Waals surface area (Å²) >= 11 is 0. The van der Waals surface area contributed by atoms with Crippen LogP contribution in [0.1, 0.15) is 328 Å². The van der Waals surface area contributed by atoms with Gasteiger partial charge in [-0.3, -0.25) is 9.59 Å². The predicted molar refractivity (Wildman–Crippen MR) is 283 cm³/mol. The first-order valence-corrected chi connectivity index (χ1v) is 29.4. The van der Waals surface area contributed by atoms with Gasteiger partial charge in [-0.15, -0.1) is 0 Å². The molecule has 6 nitrogen and oxygen atoms in total. The zero-order valence-electron chi connectivity index (χ0n) is 44.0. The summed E-state index contributed by atoms with van der Waals surface area (Å²) in [7, 11) is 0. The molecule has 6 heteroatoms. The second-order valence-corrected chi connectivity index (χ2v) is 20.3. The minimum absolute atomic E-state index is 0.0301. The topological polar surface area (TPSA) is 95.9 Å². The van der Waals surface area contributed by atoms with Crippen LogP contribution in [0.4, 0.5) is 0 Å². The number of allylic oxidation sites excluding steroid dienone is 2. The molecule has 2 unspecified atom stereocenters. The van der Waals surface area contributed by atoms with E-state index in [1.807, 2.05) is 0 Å². The van der Waals surface area contributed by atoms with Gasteiger partial charge in [-0.05, 0) is 44.9 Å². The second kappa shape index (κ2) is 55.2. The highest BCUT2D eigenvalue weighted by Gasteiger charge is 2.20. The largest absolute Gasteiger partial charge is 0.466 e. The molecule has 0 radical (unpaired) electrons. The van der Waals surface area contributed by atoms with Crippen molar-refractivity contribution in [3.8, 4) is 0 Å². The van der Waals surface area contributed by atoms with Crippen LogP contribution >= 0.6 is 0 Å². The smallest absolute Gasteiger partial charge is 0.305 e. The van der Waals surface area contributed by atoms with Gasteiger partial charge in [0.1, 0.15) is 0 Å². The van der Waals surface area contributed by atoms with Crippen LogP contribution in [0, 0.1) is 0 Å². The van der Waals surface area contributed by atoms with Crippen molar-refractivity contribution in [1.29, 1.82) is 0 Å². The van der Waals surface area contributed by atoms with E-state index in [1.54, 1.807) is 0 Å². The van der Waals surface area contributed by atoms with Gasteiger partial charge in [-0.2, -0.15) is 0 Å². The number of carbonyl (C=O) groups excluding carboxylic acids is 2. The van der Waals surface area contributed by atoms with E-state index in [0.29, 0.717) is 25.9 Å². The summed E-state index contributed by atoms with van der Waals surface area (Å²) < 4.78 is 5.46. The van der Waals surface area contributed by atoms with Gasteiger partial charge in [0.2, 0.25) is 5.91 Å². The molecule has 0 aromatic heterocycles. The molecule has 386 valence electrons. The Labute approximate surface area is 406 Å². The molecule has 0 aliphatic carbocycles. The minimum atomic E-state index is -0.695.